The number of rotatable bonds is 3. The van der Waals surface area contributed by atoms with Crippen molar-refractivity contribution in [3.8, 4) is 0 Å². The molecular weight excluding hydrogens is 426 g/mol. The Labute approximate surface area is 175 Å². The topological polar surface area (TPSA) is 0 Å². The van der Waals surface area contributed by atoms with Crippen LogP contribution in [0.25, 0.3) is 0 Å². The number of allylic oxidation sites excluding steroid dienone is 6. The molecule has 0 bridgehead atoms. The van der Waals surface area contributed by atoms with Crippen LogP contribution < -0.4 is 0 Å². The Morgan fingerprint density at radius 3 is 2.40 bits per heavy atom. The molecular formula is C22H34Cl2Zr. The van der Waals surface area contributed by atoms with Gasteiger partial charge in [0.1, 0.15) is 0 Å². The van der Waals surface area contributed by atoms with E-state index in [0.29, 0.717) is 0 Å². The summed E-state index contributed by atoms with van der Waals surface area (Å²) in [6, 6.07) is 0. The predicted molar refractivity (Wildman–Crippen MR) is 110 cm³/mol. The van der Waals surface area contributed by atoms with Gasteiger partial charge in [-0.1, -0.05) is 42.7 Å². The van der Waals surface area contributed by atoms with Gasteiger partial charge in [0.2, 0.25) is 0 Å². The quantitative estimate of drug-likeness (QED) is 0.295. The van der Waals surface area contributed by atoms with E-state index >= 15 is 0 Å². The summed E-state index contributed by atoms with van der Waals surface area (Å²) >= 11 is -0.826. The van der Waals surface area contributed by atoms with Crippen molar-refractivity contribution >= 4 is 17.0 Å². The van der Waals surface area contributed by atoms with Gasteiger partial charge < -0.3 is 14.9 Å². The molecule has 0 saturated heterocycles. The van der Waals surface area contributed by atoms with E-state index in [1.165, 1.54) is 64.2 Å². The number of halogens is 2. The molecule has 0 aliphatic heterocycles. The van der Waals surface area contributed by atoms with Crippen molar-refractivity contribution < 1.29 is 20.8 Å². The Bertz CT molecular complexity index is 480. The molecule has 1 fully saturated rings. The molecule has 1 saturated carbocycles. The fourth-order valence-electron chi connectivity index (χ4n) is 5.25. The van der Waals surface area contributed by atoms with Gasteiger partial charge in [0.15, 0.2) is 0 Å². The average Bonchev–Trinajstić information content (AvgIpc) is 3.18. The molecule has 140 valence electrons. The summed E-state index contributed by atoms with van der Waals surface area (Å²) in [6.07, 6.45) is 24.5. The second kappa shape index (κ2) is 12.2. The van der Waals surface area contributed by atoms with E-state index in [1.54, 1.807) is 5.57 Å². The Hall–Kier alpha value is 0.683. The Kier molecular flexibility index (Phi) is 11.6. The van der Waals surface area contributed by atoms with E-state index < -0.39 is 20.8 Å². The standard InChI is InChI=1S/C20H28.2CH3.2ClH.Zr/c1-3-7-19-15(5-1)9-11-17(19)13-14-18-12-10-16-6-2-4-8-20(16)18;;;;;/h9-12,15,17-19H,1-8,13-14H2;2*1H3;2*1H;/q;2*-1;;;+4/p-2. The molecule has 0 spiro atoms. The third-order valence-corrected chi connectivity index (χ3v) is 6.37. The van der Waals surface area contributed by atoms with Crippen LogP contribution >= 0.6 is 17.0 Å². The average molecular weight is 461 g/mol. The zero-order valence-electron chi connectivity index (χ0n) is 15.9. The summed E-state index contributed by atoms with van der Waals surface area (Å²) < 4.78 is 0. The molecule has 3 heteroatoms. The summed E-state index contributed by atoms with van der Waals surface area (Å²) in [7, 11) is 9.87. The molecule has 0 aromatic rings. The molecule has 4 aliphatic carbocycles. The van der Waals surface area contributed by atoms with E-state index in [9.17, 15) is 0 Å². The molecule has 0 amide bonds. The van der Waals surface area contributed by atoms with Gasteiger partial charge in [0.05, 0.1) is 0 Å². The van der Waals surface area contributed by atoms with Crippen LogP contribution in [0.5, 0.6) is 0 Å². The first-order chi connectivity index (χ1) is 11.3. The van der Waals surface area contributed by atoms with Crippen molar-refractivity contribution in [2.24, 2.45) is 23.7 Å². The predicted octanol–water partition coefficient (Wildman–Crippen LogP) is 8.09. The van der Waals surface area contributed by atoms with Crippen LogP contribution in [-0.4, -0.2) is 0 Å². The summed E-state index contributed by atoms with van der Waals surface area (Å²) in [5.41, 5.74) is 3.53. The zero-order chi connectivity index (χ0) is 16.1. The SMILES string of the molecule is C1=CC(CCC2C=CC3CCCCC32)C2=C1CCCC2.[CH3-].[CH3-].[Cl][Zr+2][Cl]. The second-order valence-electron chi connectivity index (χ2n) is 7.53. The van der Waals surface area contributed by atoms with E-state index in [4.69, 9.17) is 17.0 Å². The third kappa shape index (κ3) is 6.09. The molecule has 0 aromatic carbocycles. The third-order valence-electron chi connectivity index (χ3n) is 6.37. The molecule has 0 aromatic heterocycles. The van der Waals surface area contributed by atoms with E-state index in [0.717, 1.165) is 23.7 Å². The van der Waals surface area contributed by atoms with Gasteiger partial charge in [0, 0.05) is 0 Å². The summed E-state index contributed by atoms with van der Waals surface area (Å²) in [4.78, 5) is 0. The first-order valence-electron chi connectivity index (χ1n) is 9.38. The van der Waals surface area contributed by atoms with Crippen LogP contribution in [0.15, 0.2) is 35.5 Å². The van der Waals surface area contributed by atoms with Crippen LogP contribution in [0.1, 0.15) is 64.2 Å². The number of hydrogen-bond donors (Lipinski definition) is 0. The molecule has 0 N–H and O–H groups in total. The van der Waals surface area contributed by atoms with E-state index in [1.807, 2.05) is 5.57 Å². The van der Waals surface area contributed by atoms with Crippen LogP contribution in [-0.2, 0) is 20.8 Å². The normalized spacial score (nSPS) is 31.8. The maximum absolute atomic E-state index is 4.93. The Morgan fingerprint density at radius 1 is 0.880 bits per heavy atom. The van der Waals surface area contributed by atoms with Gasteiger partial charge in [0.25, 0.3) is 0 Å². The van der Waals surface area contributed by atoms with E-state index in [2.05, 4.69) is 24.3 Å². The molecule has 4 atom stereocenters. The Balaban J connectivity index is 0.000000586. The fourth-order valence-corrected chi connectivity index (χ4v) is 5.25. The van der Waals surface area contributed by atoms with Crippen LogP contribution in [0, 0.1) is 38.5 Å². The minimum atomic E-state index is -0.826. The van der Waals surface area contributed by atoms with Gasteiger partial charge >= 0.3 is 37.9 Å². The van der Waals surface area contributed by atoms with Crippen molar-refractivity contribution in [3.05, 3.63) is 50.3 Å². The second-order valence-corrected chi connectivity index (χ2v) is 11.3. The maximum atomic E-state index is 4.93. The van der Waals surface area contributed by atoms with Crippen LogP contribution in [0.4, 0.5) is 0 Å². The van der Waals surface area contributed by atoms with E-state index in [-0.39, 0.29) is 14.9 Å². The van der Waals surface area contributed by atoms with Crippen molar-refractivity contribution in [3.63, 3.8) is 0 Å². The first kappa shape index (κ1) is 23.7. The minimum absolute atomic E-state index is 0. The monoisotopic (exact) mass is 458 g/mol. The zero-order valence-corrected chi connectivity index (χ0v) is 19.9. The van der Waals surface area contributed by atoms with Crippen molar-refractivity contribution in [2.45, 2.75) is 64.2 Å². The van der Waals surface area contributed by atoms with Gasteiger partial charge in [-0.15, -0.1) is 0 Å². The molecule has 4 aliphatic rings. The molecule has 0 heterocycles. The van der Waals surface area contributed by atoms with Crippen LogP contribution in [0.2, 0.25) is 0 Å². The van der Waals surface area contributed by atoms with Crippen LogP contribution in [0.3, 0.4) is 0 Å². The first-order valence-corrected chi connectivity index (χ1v) is 15.7. The molecule has 25 heavy (non-hydrogen) atoms. The van der Waals surface area contributed by atoms with Gasteiger partial charge in [-0.05, 0) is 80.6 Å². The molecule has 0 radical (unpaired) electrons. The summed E-state index contributed by atoms with van der Waals surface area (Å²) in [5, 5.41) is 0. The molecule has 0 nitrogen and oxygen atoms in total. The van der Waals surface area contributed by atoms with Gasteiger partial charge in [-0.3, -0.25) is 0 Å². The van der Waals surface area contributed by atoms with Crippen molar-refractivity contribution in [1.82, 2.24) is 0 Å². The van der Waals surface area contributed by atoms with Crippen molar-refractivity contribution in [2.75, 3.05) is 0 Å². The van der Waals surface area contributed by atoms with Crippen molar-refractivity contribution in [1.29, 1.82) is 0 Å². The molecule has 4 unspecified atom stereocenters. The van der Waals surface area contributed by atoms with Gasteiger partial charge in [-0.25, -0.2) is 0 Å². The summed E-state index contributed by atoms with van der Waals surface area (Å²) in [6.45, 7) is 0. The number of fused-ring (bicyclic) bond motifs is 1. The number of hydrogen-bond acceptors (Lipinski definition) is 0. The Morgan fingerprint density at radius 2 is 1.60 bits per heavy atom. The van der Waals surface area contributed by atoms with Gasteiger partial charge in [-0.2, -0.15) is 0 Å². The fraction of sp³-hybridized carbons (Fsp3) is 0.636. The molecule has 4 rings (SSSR count). The summed E-state index contributed by atoms with van der Waals surface area (Å²) in [5.74, 6) is 3.66.